The summed E-state index contributed by atoms with van der Waals surface area (Å²) in [5, 5.41) is 0. The van der Waals surface area contributed by atoms with E-state index in [9.17, 15) is 4.79 Å². The largest absolute Gasteiger partial charge is 0.329 e. The molecule has 0 aromatic carbocycles. The van der Waals surface area contributed by atoms with Gasteiger partial charge in [-0.3, -0.25) is 9.69 Å². The molecule has 3 heteroatoms. The Morgan fingerprint density at radius 3 is 2.60 bits per heavy atom. The summed E-state index contributed by atoms with van der Waals surface area (Å²) in [6, 6.07) is 0.105. The Kier molecular flexibility index (Phi) is 3.27. The van der Waals surface area contributed by atoms with Crippen molar-refractivity contribution in [1.29, 1.82) is 0 Å². The second-order valence-electron chi connectivity index (χ2n) is 4.32. The van der Waals surface area contributed by atoms with Gasteiger partial charge in [0.05, 0.1) is 12.6 Å². The van der Waals surface area contributed by atoms with Crippen molar-refractivity contribution in [3.05, 3.63) is 0 Å². The molecule has 2 saturated heterocycles. The van der Waals surface area contributed by atoms with Crippen molar-refractivity contribution >= 4 is 5.91 Å². The van der Waals surface area contributed by atoms with Gasteiger partial charge in [-0.1, -0.05) is 11.8 Å². The maximum absolute atomic E-state index is 11.1. The Hall–Kier alpha value is -1.01. The molecule has 0 aromatic rings. The second kappa shape index (κ2) is 4.67. The van der Waals surface area contributed by atoms with Crippen LogP contribution in [0.1, 0.15) is 26.2 Å². The summed E-state index contributed by atoms with van der Waals surface area (Å²) in [7, 11) is 0. The maximum Gasteiger partial charge on any atom is 0.225 e. The van der Waals surface area contributed by atoms with Gasteiger partial charge in [-0.25, -0.2) is 0 Å². The monoisotopic (exact) mass is 206 g/mol. The number of rotatable bonds is 2. The van der Waals surface area contributed by atoms with E-state index in [0.717, 1.165) is 13.1 Å². The average molecular weight is 206 g/mol. The lowest BCUT2D eigenvalue weighted by molar-refractivity contribution is -0.141. The Morgan fingerprint density at radius 1 is 1.33 bits per heavy atom. The van der Waals surface area contributed by atoms with E-state index >= 15 is 0 Å². The molecule has 2 heterocycles. The molecule has 0 spiro atoms. The Morgan fingerprint density at radius 2 is 2.07 bits per heavy atom. The lowest BCUT2D eigenvalue weighted by Gasteiger charge is -2.33. The van der Waals surface area contributed by atoms with Crippen molar-refractivity contribution in [1.82, 2.24) is 9.80 Å². The van der Waals surface area contributed by atoms with Gasteiger partial charge in [-0.05, 0) is 32.9 Å². The lowest BCUT2D eigenvalue weighted by Crippen LogP contribution is -2.48. The first kappa shape index (κ1) is 10.5. The van der Waals surface area contributed by atoms with E-state index in [1.165, 1.54) is 25.9 Å². The summed E-state index contributed by atoms with van der Waals surface area (Å²) in [5.74, 6) is 6.58. The van der Waals surface area contributed by atoms with Crippen molar-refractivity contribution in [2.75, 3.05) is 26.2 Å². The maximum atomic E-state index is 11.1. The van der Waals surface area contributed by atoms with Crippen LogP contribution >= 0.6 is 0 Å². The molecule has 1 amide bonds. The van der Waals surface area contributed by atoms with Gasteiger partial charge >= 0.3 is 0 Å². The first-order chi connectivity index (χ1) is 7.27. The van der Waals surface area contributed by atoms with E-state index in [-0.39, 0.29) is 11.9 Å². The summed E-state index contributed by atoms with van der Waals surface area (Å²) < 4.78 is 0. The molecule has 3 nitrogen and oxygen atoms in total. The zero-order chi connectivity index (χ0) is 10.7. The van der Waals surface area contributed by atoms with Gasteiger partial charge in [0.1, 0.15) is 0 Å². The molecular weight excluding hydrogens is 188 g/mol. The summed E-state index contributed by atoms with van der Waals surface area (Å²) in [4.78, 5) is 15.4. The summed E-state index contributed by atoms with van der Waals surface area (Å²) >= 11 is 0. The topological polar surface area (TPSA) is 23.6 Å². The normalized spacial score (nSPS) is 23.3. The van der Waals surface area contributed by atoms with Gasteiger partial charge in [-0.2, -0.15) is 0 Å². The van der Waals surface area contributed by atoms with E-state index < -0.39 is 0 Å². The van der Waals surface area contributed by atoms with Crippen molar-refractivity contribution in [2.24, 2.45) is 0 Å². The van der Waals surface area contributed by atoms with Crippen LogP contribution < -0.4 is 0 Å². The third kappa shape index (κ3) is 2.51. The molecule has 2 aliphatic heterocycles. The number of hydrogen-bond acceptors (Lipinski definition) is 2. The third-order valence-electron chi connectivity index (χ3n) is 3.17. The molecule has 82 valence electrons. The van der Waals surface area contributed by atoms with E-state index in [2.05, 4.69) is 16.7 Å². The first-order valence-corrected chi connectivity index (χ1v) is 5.77. The minimum atomic E-state index is 0.105. The minimum absolute atomic E-state index is 0.105. The Labute approximate surface area is 91.4 Å². The molecule has 0 saturated carbocycles. The van der Waals surface area contributed by atoms with E-state index in [1.54, 1.807) is 0 Å². The number of amides is 1. The average Bonchev–Trinajstić information content (AvgIpc) is 2.68. The molecule has 2 rings (SSSR count). The fraction of sp³-hybridized carbons (Fsp3) is 0.750. The summed E-state index contributed by atoms with van der Waals surface area (Å²) in [5.41, 5.74) is 0. The Bertz CT molecular complexity index is 296. The number of carbonyl (C=O) groups excluding carboxylic acids is 1. The van der Waals surface area contributed by atoms with Gasteiger partial charge in [0.2, 0.25) is 5.91 Å². The van der Waals surface area contributed by atoms with Crippen LogP contribution in [0.15, 0.2) is 0 Å². The predicted octanol–water partition coefficient (Wildman–Crippen LogP) is 0.706. The molecule has 0 aromatic heterocycles. The van der Waals surface area contributed by atoms with Crippen molar-refractivity contribution in [2.45, 2.75) is 32.2 Å². The Balaban J connectivity index is 1.75. The molecule has 0 N–H and O–H groups in total. The van der Waals surface area contributed by atoms with Gasteiger partial charge in [-0.15, -0.1) is 0 Å². The van der Waals surface area contributed by atoms with Gasteiger partial charge in [0.25, 0.3) is 0 Å². The number of hydrogen-bond donors (Lipinski definition) is 0. The standard InChI is InChI=1S/C12H18N2O/c1-11(14-10-6-12(14)15)5-4-9-13-7-2-3-8-13/h11H,2-3,6-10H2,1H3. The van der Waals surface area contributed by atoms with Crippen LogP contribution in [-0.4, -0.2) is 47.9 Å². The molecule has 0 aliphatic carbocycles. The van der Waals surface area contributed by atoms with Crippen LogP contribution in [0.3, 0.4) is 0 Å². The number of carbonyl (C=O) groups is 1. The summed E-state index contributed by atoms with van der Waals surface area (Å²) in [6.07, 6.45) is 3.32. The molecule has 15 heavy (non-hydrogen) atoms. The molecule has 0 bridgehead atoms. The van der Waals surface area contributed by atoms with Gasteiger partial charge in [0.15, 0.2) is 0 Å². The molecule has 2 fully saturated rings. The second-order valence-corrected chi connectivity index (χ2v) is 4.32. The van der Waals surface area contributed by atoms with Crippen molar-refractivity contribution in [3.63, 3.8) is 0 Å². The highest BCUT2D eigenvalue weighted by Crippen LogP contribution is 2.12. The number of likely N-dealkylation sites (tertiary alicyclic amines) is 2. The quantitative estimate of drug-likeness (QED) is 0.490. The highest BCUT2D eigenvalue weighted by Gasteiger charge is 2.27. The smallest absolute Gasteiger partial charge is 0.225 e. The molecule has 0 radical (unpaired) electrons. The van der Waals surface area contributed by atoms with Crippen LogP contribution in [0.25, 0.3) is 0 Å². The first-order valence-electron chi connectivity index (χ1n) is 5.77. The van der Waals surface area contributed by atoms with E-state index in [4.69, 9.17) is 0 Å². The molecule has 1 unspecified atom stereocenters. The minimum Gasteiger partial charge on any atom is -0.329 e. The van der Waals surface area contributed by atoms with Crippen LogP contribution in [0, 0.1) is 11.8 Å². The van der Waals surface area contributed by atoms with Crippen LogP contribution in [0.2, 0.25) is 0 Å². The zero-order valence-corrected chi connectivity index (χ0v) is 9.33. The number of nitrogens with zero attached hydrogens (tertiary/aromatic N) is 2. The highest BCUT2D eigenvalue weighted by molar-refractivity contribution is 5.82. The SMILES string of the molecule is CC(C#CCN1CCCC1)N1CCC1=O. The highest BCUT2D eigenvalue weighted by atomic mass is 16.2. The van der Waals surface area contributed by atoms with Crippen LogP contribution in [-0.2, 0) is 4.79 Å². The number of β-lactam (4-membered cyclic amide) rings is 1. The lowest BCUT2D eigenvalue weighted by atomic mass is 10.1. The fourth-order valence-electron chi connectivity index (χ4n) is 2.07. The summed E-state index contributed by atoms with van der Waals surface area (Å²) in [6.45, 7) is 6.14. The van der Waals surface area contributed by atoms with Crippen molar-refractivity contribution in [3.8, 4) is 11.8 Å². The van der Waals surface area contributed by atoms with E-state index in [0.29, 0.717) is 6.42 Å². The zero-order valence-electron chi connectivity index (χ0n) is 9.33. The third-order valence-corrected chi connectivity index (χ3v) is 3.17. The molecular formula is C12H18N2O. The fourth-order valence-corrected chi connectivity index (χ4v) is 2.07. The molecule has 2 aliphatic rings. The van der Waals surface area contributed by atoms with E-state index in [1.807, 2.05) is 11.8 Å². The predicted molar refractivity (Wildman–Crippen MR) is 59.2 cm³/mol. The van der Waals surface area contributed by atoms with Crippen molar-refractivity contribution < 1.29 is 4.79 Å². The van der Waals surface area contributed by atoms with Gasteiger partial charge < -0.3 is 4.90 Å². The van der Waals surface area contributed by atoms with Gasteiger partial charge in [0, 0.05) is 13.0 Å². The van der Waals surface area contributed by atoms with Crippen LogP contribution in [0.4, 0.5) is 0 Å². The van der Waals surface area contributed by atoms with Crippen LogP contribution in [0.5, 0.6) is 0 Å². The molecule has 1 atom stereocenters.